The molecule has 0 amide bonds. The Balaban J connectivity index is 1.52. The Hall–Kier alpha value is -3.45. The molecule has 0 atom stereocenters. The van der Waals surface area contributed by atoms with Crippen LogP contribution >= 0.6 is 11.3 Å². The van der Waals surface area contributed by atoms with Crippen molar-refractivity contribution >= 4 is 27.2 Å². The minimum Gasteiger partial charge on any atom is -0.497 e. The fourth-order valence-electron chi connectivity index (χ4n) is 3.19. The van der Waals surface area contributed by atoms with E-state index in [0.29, 0.717) is 16.8 Å². The van der Waals surface area contributed by atoms with Crippen LogP contribution in [0.4, 0.5) is 0 Å². The number of aromatic nitrogens is 4. The molecule has 5 rings (SSSR count). The Morgan fingerprint density at radius 2 is 2.00 bits per heavy atom. The van der Waals surface area contributed by atoms with Crippen molar-refractivity contribution in [2.45, 2.75) is 6.54 Å². The Bertz CT molecular complexity index is 1320. The fraction of sp³-hybridized carbons (Fsp3) is 0.0952. The molecule has 138 valence electrons. The van der Waals surface area contributed by atoms with Gasteiger partial charge in [-0.3, -0.25) is 9.36 Å². The summed E-state index contributed by atoms with van der Waals surface area (Å²) in [5.41, 5.74) is 3.38. The van der Waals surface area contributed by atoms with Gasteiger partial charge in [-0.1, -0.05) is 6.07 Å². The Morgan fingerprint density at radius 3 is 2.79 bits per heavy atom. The predicted octanol–water partition coefficient (Wildman–Crippen LogP) is 3.83. The summed E-state index contributed by atoms with van der Waals surface area (Å²) >= 11 is 1.46. The summed E-state index contributed by atoms with van der Waals surface area (Å²) in [5, 5.41) is 0. The van der Waals surface area contributed by atoms with Gasteiger partial charge in [0.05, 0.1) is 31.2 Å². The van der Waals surface area contributed by atoms with E-state index in [9.17, 15) is 4.79 Å². The first kappa shape index (κ1) is 16.7. The zero-order chi connectivity index (χ0) is 19.1. The van der Waals surface area contributed by atoms with Gasteiger partial charge in [0.2, 0.25) is 0 Å². The minimum absolute atomic E-state index is 0.0492. The number of ether oxygens (including phenoxy) is 1. The lowest BCUT2D eigenvalue weighted by atomic mass is 10.2. The van der Waals surface area contributed by atoms with Crippen molar-refractivity contribution in [3.05, 3.63) is 83.3 Å². The second-order valence-corrected chi connectivity index (χ2v) is 7.48. The third kappa shape index (κ3) is 2.86. The molecule has 0 radical (unpaired) electrons. The van der Waals surface area contributed by atoms with Crippen LogP contribution in [0, 0.1) is 0 Å². The van der Waals surface area contributed by atoms with Crippen molar-refractivity contribution in [1.82, 2.24) is 18.9 Å². The Morgan fingerprint density at radius 1 is 1.14 bits per heavy atom. The Kier molecular flexibility index (Phi) is 3.95. The maximum absolute atomic E-state index is 13.0. The van der Waals surface area contributed by atoms with Crippen molar-refractivity contribution in [1.29, 1.82) is 0 Å². The topological polar surface area (TPSA) is 61.4 Å². The maximum atomic E-state index is 13.0. The van der Waals surface area contributed by atoms with Gasteiger partial charge >= 0.3 is 0 Å². The van der Waals surface area contributed by atoms with Gasteiger partial charge in [0.15, 0.2) is 0 Å². The van der Waals surface area contributed by atoms with Gasteiger partial charge in [-0.2, -0.15) is 0 Å². The first-order valence-corrected chi connectivity index (χ1v) is 9.59. The van der Waals surface area contributed by atoms with Gasteiger partial charge in [0.1, 0.15) is 16.1 Å². The SMILES string of the molecule is COc1ccc(-c2cc3ncn(Cc4cn5ccccc5n4)c(=O)c3s2)cc1. The van der Waals surface area contributed by atoms with E-state index in [2.05, 4.69) is 9.97 Å². The molecule has 0 unspecified atom stereocenters. The molecule has 0 saturated carbocycles. The average Bonchev–Trinajstić information content (AvgIpc) is 3.34. The monoisotopic (exact) mass is 388 g/mol. The zero-order valence-electron chi connectivity index (χ0n) is 15.1. The van der Waals surface area contributed by atoms with E-state index in [1.807, 2.05) is 65.3 Å². The van der Waals surface area contributed by atoms with Crippen LogP contribution < -0.4 is 10.3 Å². The van der Waals surface area contributed by atoms with Crippen LogP contribution in [0.2, 0.25) is 0 Å². The van der Waals surface area contributed by atoms with Crippen LogP contribution in [0.25, 0.3) is 26.3 Å². The van der Waals surface area contributed by atoms with Gasteiger partial charge < -0.3 is 9.14 Å². The van der Waals surface area contributed by atoms with E-state index < -0.39 is 0 Å². The number of benzene rings is 1. The highest BCUT2D eigenvalue weighted by Crippen LogP contribution is 2.31. The molecule has 4 heterocycles. The number of thiophene rings is 1. The summed E-state index contributed by atoms with van der Waals surface area (Å²) in [7, 11) is 1.64. The van der Waals surface area contributed by atoms with Crippen molar-refractivity contribution in [3.63, 3.8) is 0 Å². The molecular formula is C21H16N4O2S. The smallest absolute Gasteiger partial charge is 0.271 e. The van der Waals surface area contributed by atoms with Crippen LogP contribution in [-0.4, -0.2) is 26.0 Å². The molecule has 0 saturated heterocycles. The van der Waals surface area contributed by atoms with E-state index in [1.165, 1.54) is 11.3 Å². The number of pyridine rings is 1. The van der Waals surface area contributed by atoms with E-state index in [0.717, 1.165) is 27.5 Å². The van der Waals surface area contributed by atoms with Crippen LogP contribution in [0.1, 0.15) is 5.69 Å². The van der Waals surface area contributed by atoms with Crippen LogP contribution in [0.15, 0.2) is 72.0 Å². The van der Waals surface area contributed by atoms with E-state index in [4.69, 9.17) is 4.74 Å². The molecular weight excluding hydrogens is 372 g/mol. The molecule has 0 bridgehead atoms. The Labute approximate surface area is 164 Å². The van der Waals surface area contributed by atoms with Gasteiger partial charge in [-0.05, 0) is 48.0 Å². The zero-order valence-corrected chi connectivity index (χ0v) is 15.9. The lowest BCUT2D eigenvalue weighted by molar-refractivity contribution is 0.415. The second kappa shape index (κ2) is 6.61. The molecule has 0 aliphatic heterocycles. The molecule has 6 nitrogen and oxygen atoms in total. The van der Waals surface area contributed by atoms with Crippen LogP contribution in [0.3, 0.4) is 0 Å². The lowest BCUT2D eigenvalue weighted by Gasteiger charge is -2.01. The molecule has 1 aromatic carbocycles. The predicted molar refractivity (Wildman–Crippen MR) is 110 cm³/mol. The minimum atomic E-state index is -0.0492. The molecule has 5 aromatic rings. The third-order valence-corrected chi connectivity index (χ3v) is 5.79. The summed E-state index contributed by atoms with van der Waals surface area (Å²) in [5.74, 6) is 0.804. The number of rotatable bonds is 4. The number of hydrogen-bond acceptors (Lipinski definition) is 5. The normalized spacial score (nSPS) is 11.3. The van der Waals surface area contributed by atoms with E-state index in [-0.39, 0.29) is 5.56 Å². The number of imidazole rings is 1. The van der Waals surface area contributed by atoms with Gasteiger partial charge in [-0.15, -0.1) is 11.3 Å². The van der Waals surface area contributed by atoms with E-state index >= 15 is 0 Å². The molecule has 0 fully saturated rings. The fourth-order valence-corrected chi connectivity index (χ4v) is 4.26. The van der Waals surface area contributed by atoms with Crippen molar-refractivity contribution in [2.24, 2.45) is 0 Å². The molecule has 4 aromatic heterocycles. The molecule has 0 aliphatic carbocycles. The molecule has 0 aliphatic rings. The average molecular weight is 388 g/mol. The van der Waals surface area contributed by atoms with Crippen LogP contribution in [0.5, 0.6) is 5.75 Å². The molecule has 7 heteroatoms. The van der Waals surface area contributed by atoms with Crippen molar-refractivity contribution in [2.75, 3.05) is 7.11 Å². The number of fused-ring (bicyclic) bond motifs is 2. The van der Waals surface area contributed by atoms with Crippen molar-refractivity contribution < 1.29 is 4.74 Å². The summed E-state index contributed by atoms with van der Waals surface area (Å²) in [6.07, 6.45) is 5.47. The standard InChI is InChI=1S/C21H16N4O2S/c1-27-16-7-5-14(6-8-16)18-10-17-20(28-18)21(26)25(13-22-17)12-15-11-24-9-3-2-4-19(24)23-15/h2-11,13H,12H2,1H3. The van der Waals surface area contributed by atoms with Gasteiger partial charge in [0.25, 0.3) is 5.56 Å². The maximum Gasteiger partial charge on any atom is 0.271 e. The highest BCUT2D eigenvalue weighted by Gasteiger charge is 2.12. The highest BCUT2D eigenvalue weighted by molar-refractivity contribution is 7.22. The molecule has 0 spiro atoms. The van der Waals surface area contributed by atoms with E-state index in [1.54, 1.807) is 18.0 Å². The number of methoxy groups -OCH3 is 1. The molecule has 28 heavy (non-hydrogen) atoms. The summed E-state index contributed by atoms with van der Waals surface area (Å²) in [6, 6.07) is 15.6. The largest absolute Gasteiger partial charge is 0.497 e. The number of hydrogen-bond donors (Lipinski definition) is 0. The first-order valence-electron chi connectivity index (χ1n) is 8.77. The summed E-state index contributed by atoms with van der Waals surface area (Å²) in [6.45, 7) is 0.388. The lowest BCUT2D eigenvalue weighted by Crippen LogP contribution is -2.20. The van der Waals surface area contributed by atoms with Crippen molar-refractivity contribution in [3.8, 4) is 16.2 Å². The summed E-state index contributed by atoms with van der Waals surface area (Å²) in [4.78, 5) is 23.0. The number of nitrogens with zero attached hydrogens (tertiary/aromatic N) is 4. The summed E-state index contributed by atoms with van der Waals surface area (Å²) < 4.78 is 9.41. The second-order valence-electron chi connectivity index (χ2n) is 6.43. The first-order chi connectivity index (χ1) is 13.7. The van der Waals surface area contributed by atoms with Crippen LogP contribution in [-0.2, 0) is 6.54 Å². The quantitative estimate of drug-likeness (QED) is 0.469. The van der Waals surface area contributed by atoms with Gasteiger partial charge in [0, 0.05) is 17.3 Å². The highest BCUT2D eigenvalue weighted by atomic mass is 32.1. The third-order valence-electron chi connectivity index (χ3n) is 4.62. The van der Waals surface area contributed by atoms with Gasteiger partial charge in [-0.25, -0.2) is 9.97 Å². The molecule has 0 N–H and O–H groups in total.